The highest BCUT2D eigenvalue weighted by molar-refractivity contribution is 5.34. The third kappa shape index (κ3) is 4.82. The van der Waals surface area contributed by atoms with Gasteiger partial charge in [0.05, 0.1) is 6.42 Å². The Kier molecular flexibility index (Phi) is 5.35. The van der Waals surface area contributed by atoms with Crippen molar-refractivity contribution in [2.75, 3.05) is 6.54 Å². The fraction of sp³-hybridized carbons (Fsp3) is 0.571. The Hall–Kier alpha value is -1.10. The predicted molar refractivity (Wildman–Crippen MR) is 67.6 cm³/mol. The third-order valence-corrected chi connectivity index (χ3v) is 2.91. The molecule has 0 spiro atoms. The Labute approximate surface area is 111 Å². The zero-order chi connectivity index (χ0) is 14.6. The second-order valence-electron chi connectivity index (χ2n) is 4.80. The molecular weight excluding hydrogens is 258 g/mol. The van der Waals surface area contributed by atoms with Crippen LogP contribution < -0.4 is 5.32 Å². The summed E-state index contributed by atoms with van der Waals surface area (Å²) in [6.07, 6.45) is -4.69. The van der Waals surface area contributed by atoms with E-state index in [4.69, 9.17) is 0 Å². The molecule has 1 atom stereocenters. The maximum Gasteiger partial charge on any atom is 0.390 e. The maximum atomic E-state index is 14.0. The van der Waals surface area contributed by atoms with Crippen molar-refractivity contribution in [2.24, 2.45) is 0 Å². The van der Waals surface area contributed by atoms with Crippen molar-refractivity contribution >= 4 is 0 Å². The summed E-state index contributed by atoms with van der Waals surface area (Å²) in [4.78, 5) is 0. The maximum absolute atomic E-state index is 14.0. The van der Waals surface area contributed by atoms with Crippen LogP contribution in [0.5, 0.6) is 0 Å². The molecule has 0 amide bonds. The van der Waals surface area contributed by atoms with Crippen molar-refractivity contribution in [3.8, 4) is 0 Å². The molecule has 0 aliphatic rings. The molecule has 1 aromatic rings. The molecule has 1 N–H and O–H groups in total. The van der Waals surface area contributed by atoms with E-state index in [-0.39, 0.29) is 5.56 Å². The Morgan fingerprint density at radius 2 is 1.84 bits per heavy atom. The quantitative estimate of drug-likeness (QED) is 0.785. The van der Waals surface area contributed by atoms with Crippen molar-refractivity contribution in [2.45, 2.75) is 45.8 Å². The van der Waals surface area contributed by atoms with Crippen molar-refractivity contribution < 1.29 is 17.6 Å². The lowest BCUT2D eigenvalue weighted by Gasteiger charge is -2.23. The molecule has 0 fully saturated rings. The summed E-state index contributed by atoms with van der Waals surface area (Å²) in [7, 11) is 0. The monoisotopic (exact) mass is 277 g/mol. The van der Waals surface area contributed by atoms with E-state index in [1.165, 1.54) is 6.07 Å². The second kappa shape index (κ2) is 6.37. The van der Waals surface area contributed by atoms with Gasteiger partial charge in [-0.05, 0) is 44.0 Å². The van der Waals surface area contributed by atoms with Gasteiger partial charge in [0.15, 0.2) is 0 Å². The van der Waals surface area contributed by atoms with E-state index in [1.807, 2.05) is 6.92 Å². The molecule has 0 bridgehead atoms. The largest absolute Gasteiger partial charge is 0.390 e. The first kappa shape index (κ1) is 16.0. The van der Waals surface area contributed by atoms with Crippen molar-refractivity contribution in [1.82, 2.24) is 5.32 Å². The zero-order valence-corrected chi connectivity index (χ0v) is 11.4. The van der Waals surface area contributed by atoms with E-state index in [9.17, 15) is 17.6 Å². The van der Waals surface area contributed by atoms with Gasteiger partial charge in [0.2, 0.25) is 0 Å². The summed E-state index contributed by atoms with van der Waals surface area (Å²) >= 11 is 0. The molecule has 1 nitrogen and oxygen atoms in total. The van der Waals surface area contributed by atoms with E-state index in [1.54, 1.807) is 19.9 Å². The summed E-state index contributed by atoms with van der Waals surface area (Å²) in [6, 6.07) is 1.95. The van der Waals surface area contributed by atoms with Gasteiger partial charge in [0, 0.05) is 11.6 Å². The van der Waals surface area contributed by atoms with Crippen LogP contribution in [0.15, 0.2) is 12.1 Å². The minimum absolute atomic E-state index is 0.122. The van der Waals surface area contributed by atoms with Crippen LogP contribution in [0.1, 0.15) is 42.5 Å². The number of benzene rings is 1. The van der Waals surface area contributed by atoms with E-state index >= 15 is 0 Å². The molecule has 1 aromatic carbocycles. The van der Waals surface area contributed by atoms with Gasteiger partial charge in [-0.25, -0.2) is 4.39 Å². The summed E-state index contributed by atoms with van der Waals surface area (Å²) in [5.41, 5.74) is 1.38. The van der Waals surface area contributed by atoms with Crippen LogP contribution in [-0.4, -0.2) is 12.7 Å². The molecule has 19 heavy (non-hydrogen) atoms. The molecular formula is C14H19F4N. The van der Waals surface area contributed by atoms with Crippen LogP contribution >= 0.6 is 0 Å². The fourth-order valence-electron chi connectivity index (χ4n) is 2.19. The van der Waals surface area contributed by atoms with Crippen LogP contribution in [-0.2, 0) is 0 Å². The predicted octanol–water partition coefficient (Wildman–Crippen LogP) is 4.44. The zero-order valence-electron chi connectivity index (χ0n) is 11.4. The molecule has 0 aromatic heterocycles. The van der Waals surface area contributed by atoms with E-state index < -0.39 is 24.5 Å². The Balaban J connectivity index is 3.09. The smallest absolute Gasteiger partial charge is 0.310 e. The number of hydrogen-bond acceptors (Lipinski definition) is 1. The Bertz CT molecular complexity index is 403. The minimum atomic E-state index is -4.32. The van der Waals surface area contributed by atoms with Crippen molar-refractivity contribution in [3.63, 3.8) is 0 Å². The molecule has 1 unspecified atom stereocenters. The number of nitrogens with one attached hydrogen (secondary N) is 1. The Morgan fingerprint density at radius 1 is 1.21 bits per heavy atom. The molecule has 5 heteroatoms. The van der Waals surface area contributed by atoms with Gasteiger partial charge in [-0.15, -0.1) is 0 Å². The molecule has 0 saturated carbocycles. The number of hydrogen-bond donors (Lipinski definition) is 1. The van der Waals surface area contributed by atoms with E-state index in [0.29, 0.717) is 24.1 Å². The number of rotatable bonds is 5. The SMILES string of the molecule is CCCNC(CC(F)(F)F)c1c(C)cc(C)cc1F. The average Bonchev–Trinajstić information content (AvgIpc) is 2.22. The highest BCUT2D eigenvalue weighted by atomic mass is 19.4. The lowest BCUT2D eigenvalue weighted by atomic mass is 9.96. The van der Waals surface area contributed by atoms with Gasteiger partial charge < -0.3 is 5.32 Å². The standard InChI is InChI=1S/C14H19F4N/c1-4-5-19-12(8-14(16,17)18)13-10(3)6-9(2)7-11(13)15/h6-7,12,19H,4-5,8H2,1-3H3. The van der Waals surface area contributed by atoms with Gasteiger partial charge in [-0.3, -0.25) is 0 Å². The first-order valence-corrected chi connectivity index (χ1v) is 6.31. The van der Waals surface area contributed by atoms with Crippen LogP contribution in [0.3, 0.4) is 0 Å². The van der Waals surface area contributed by atoms with Gasteiger partial charge in [0.25, 0.3) is 0 Å². The topological polar surface area (TPSA) is 12.0 Å². The fourth-order valence-corrected chi connectivity index (χ4v) is 2.19. The second-order valence-corrected chi connectivity index (χ2v) is 4.80. The average molecular weight is 277 g/mol. The van der Waals surface area contributed by atoms with Crippen molar-refractivity contribution in [3.05, 3.63) is 34.6 Å². The minimum Gasteiger partial charge on any atom is -0.310 e. The summed E-state index contributed by atoms with van der Waals surface area (Å²) < 4.78 is 51.8. The summed E-state index contributed by atoms with van der Waals surface area (Å²) in [5, 5.41) is 2.78. The summed E-state index contributed by atoms with van der Waals surface area (Å²) in [6.45, 7) is 5.64. The Morgan fingerprint density at radius 3 is 2.32 bits per heavy atom. The molecule has 0 aliphatic carbocycles. The third-order valence-electron chi connectivity index (χ3n) is 2.91. The van der Waals surface area contributed by atoms with Crippen LogP contribution in [0.25, 0.3) is 0 Å². The summed E-state index contributed by atoms with van der Waals surface area (Å²) in [5.74, 6) is -0.574. The highest BCUT2D eigenvalue weighted by Gasteiger charge is 2.34. The van der Waals surface area contributed by atoms with E-state index in [2.05, 4.69) is 5.32 Å². The van der Waals surface area contributed by atoms with Gasteiger partial charge >= 0.3 is 6.18 Å². The molecule has 108 valence electrons. The van der Waals surface area contributed by atoms with Crippen LogP contribution in [0, 0.1) is 19.7 Å². The normalized spacial score (nSPS) is 13.6. The molecule has 0 aliphatic heterocycles. The lowest BCUT2D eigenvalue weighted by Crippen LogP contribution is -2.28. The number of halogens is 4. The first-order valence-electron chi connectivity index (χ1n) is 6.31. The number of alkyl halides is 3. The van der Waals surface area contributed by atoms with Crippen LogP contribution in [0.2, 0.25) is 0 Å². The van der Waals surface area contributed by atoms with Gasteiger partial charge in [-0.2, -0.15) is 13.2 Å². The molecule has 0 heterocycles. The van der Waals surface area contributed by atoms with Gasteiger partial charge in [0.1, 0.15) is 5.82 Å². The van der Waals surface area contributed by atoms with Crippen molar-refractivity contribution in [1.29, 1.82) is 0 Å². The molecule has 0 radical (unpaired) electrons. The first-order chi connectivity index (χ1) is 8.74. The lowest BCUT2D eigenvalue weighted by molar-refractivity contribution is -0.140. The number of aryl methyl sites for hydroxylation is 2. The van der Waals surface area contributed by atoms with Gasteiger partial charge in [-0.1, -0.05) is 13.0 Å². The highest BCUT2D eigenvalue weighted by Crippen LogP contribution is 2.32. The molecule has 0 saturated heterocycles. The van der Waals surface area contributed by atoms with E-state index in [0.717, 1.165) is 0 Å². The molecule has 1 rings (SSSR count). The van der Waals surface area contributed by atoms with Crippen LogP contribution in [0.4, 0.5) is 17.6 Å².